The lowest BCUT2D eigenvalue weighted by Gasteiger charge is -2.42. The van der Waals surface area contributed by atoms with Gasteiger partial charge in [0, 0.05) is 31.7 Å². The van der Waals surface area contributed by atoms with Gasteiger partial charge in [-0.2, -0.15) is 5.10 Å². The van der Waals surface area contributed by atoms with Gasteiger partial charge in [0.15, 0.2) is 5.69 Å². The van der Waals surface area contributed by atoms with Crippen LogP contribution in [0.2, 0.25) is 0 Å². The number of unbranched alkanes of at least 4 members (excludes halogenated alkanes) is 2. The Labute approximate surface area is 193 Å². The van der Waals surface area contributed by atoms with Crippen LogP contribution >= 0.6 is 0 Å². The smallest absolute Gasteiger partial charge is 0.272 e. The summed E-state index contributed by atoms with van der Waals surface area (Å²) in [7, 11) is 0. The molecule has 180 valence electrons. The molecule has 1 saturated heterocycles. The van der Waals surface area contributed by atoms with Gasteiger partial charge in [0.05, 0.1) is 26.4 Å². The normalized spacial score (nSPS) is 29.4. The number of nitrogens with one attached hydrogen (secondary N) is 1. The molecule has 1 aliphatic heterocycles. The van der Waals surface area contributed by atoms with Crippen LogP contribution in [-0.2, 0) is 11.3 Å². The molecule has 1 amide bonds. The van der Waals surface area contributed by atoms with Crippen molar-refractivity contribution in [3.8, 4) is 5.88 Å². The van der Waals surface area contributed by atoms with Crippen LogP contribution in [0.4, 0.5) is 0 Å². The van der Waals surface area contributed by atoms with Gasteiger partial charge in [-0.15, -0.1) is 0 Å². The van der Waals surface area contributed by atoms with Crippen LogP contribution in [0.15, 0.2) is 6.07 Å². The summed E-state index contributed by atoms with van der Waals surface area (Å²) in [6.07, 6.45) is 7.01. The molecule has 1 N–H and O–H groups in total. The second-order valence-electron chi connectivity index (χ2n) is 10.9. The Bertz CT molecular complexity index is 781. The van der Waals surface area contributed by atoms with Gasteiger partial charge in [-0.05, 0) is 42.4 Å². The van der Waals surface area contributed by atoms with Gasteiger partial charge >= 0.3 is 0 Å². The maximum absolute atomic E-state index is 13.3. The molecule has 2 saturated carbocycles. The highest BCUT2D eigenvalue weighted by molar-refractivity contribution is 5.93. The first-order valence-corrected chi connectivity index (χ1v) is 12.6. The maximum atomic E-state index is 13.3. The number of carbonyl (C=O) groups excluding carboxylic acids is 1. The SMILES string of the molecule is CCCCCOc1cc(C(=O)NC2C3(C)CCC(C3)C2(C)C)nn1CCN1CCOCC1. The Kier molecular flexibility index (Phi) is 7.15. The molecular weight excluding hydrogens is 404 g/mol. The lowest BCUT2D eigenvalue weighted by molar-refractivity contribution is 0.0356. The van der Waals surface area contributed by atoms with Gasteiger partial charge < -0.3 is 14.8 Å². The number of carbonyl (C=O) groups is 1. The number of hydrogen-bond donors (Lipinski definition) is 1. The van der Waals surface area contributed by atoms with E-state index in [-0.39, 0.29) is 22.8 Å². The molecule has 4 rings (SSSR count). The summed E-state index contributed by atoms with van der Waals surface area (Å²) in [5.41, 5.74) is 0.795. The van der Waals surface area contributed by atoms with Gasteiger partial charge in [0.1, 0.15) is 0 Å². The predicted molar refractivity (Wildman–Crippen MR) is 125 cm³/mol. The van der Waals surface area contributed by atoms with Gasteiger partial charge in [0.25, 0.3) is 5.91 Å². The fourth-order valence-electron chi connectivity index (χ4n) is 6.24. The Hall–Kier alpha value is -1.60. The second-order valence-corrected chi connectivity index (χ2v) is 10.9. The van der Waals surface area contributed by atoms with Crippen molar-refractivity contribution in [3.05, 3.63) is 11.8 Å². The van der Waals surface area contributed by atoms with E-state index in [4.69, 9.17) is 9.47 Å². The van der Waals surface area contributed by atoms with Crippen LogP contribution in [0, 0.1) is 16.7 Å². The molecule has 2 heterocycles. The number of fused-ring (bicyclic) bond motifs is 2. The summed E-state index contributed by atoms with van der Waals surface area (Å²) >= 11 is 0. The summed E-state index contributed by atoms with van der Waals surface area (Å²) in [6.45, 7) is 14.9. The molecular formula is C25H42N4O3. The van der Waals surface area contributed by atoms with Crippen LogP contribution in [0.3, 0.4) is 0 Å². The average Bonchev–Trinajstić information content (AvgIpc) is 3.42. The number of hydrogen-bond acceptors (Lipinski definition) is 5. The van der Waals surface area contributed by atoms with Crippen molar-refractivity contribution in [1.29, 1.82) is 0 Å². The van der Waals surface area contributed by atoms with Crippen LogP contribution in [-0.4, -0.2) is 66.1 Å². The second kappa shape index (κ2) is 9.72. The largest absolute Gasteiger partial charge is 0.478 e. The van der Waals surface area contributed by atoms with Crippen molar-refractivity contribution in [1.82, 2.24) is 20.0 Å². The molecule has 0 spiro atoms. The molecule has 3 fully saturated rings. The van der Waals surface area contributed by atoms with Crippen LogP contribution < -0.4 is 10.1 Å². The lowest BCUT2D eigenvalue weighted by Crippen LogP contribution is -2.52. The third-order valence-electron chi connectivity index (χ3n) is 8.25. The number of morpholine rings is 1. The van der Waals surface area contributed by atoms with E-state index in [0.717, 1.165) is 52.1 Å². The van der Waals surface area contributed by atoms with Crippen molar-refractivity contribution >= 4 is 5.91 Å². The Morgan fingerprint density at radius 1 is 1.25 bits per heavy atom. The molecule has 0 aromatic carbocycles. The van der Waals surface area contributed by atoms with E-state index in [1.54, 1.807) is 0 Å². The van der Waals surface area contributed by atoms with Gasteiger partial charge in [-0.25, -0.2) is 4.68 Å². The van der Waals surface area contributed by atoms with Crippen molar-refractivity contribution in [2.45, 2.75) is 78.8 Å². The lowest BCUT2D eigenvalue weighted by atomic mass is 9.68. The van der Waals surface area contributed by atoms with Gasteiger partial charge in [-0.1, -0.05) is 40.5 Å². The predicted octanol–water partition coefficient (Wildman–Crippen LogP) is 3.73. The van der Waals surface area contributed by atoms with Crippen LogP contribution in [0.25, 0.3) is 0 Å². The fraction of sp³-hybridized carbons (Fsp3) is 0.840. The molecule has 0 radical (unpaired) electrons. The Balaban J connectivity index is 1.44. The molecule has 3 unspecified atom stereocenters. The van der Waals surface area contributed by atoms with Crippen molar-refractivity contribution in [2.75, 3.05) is 39.5 Å². The maximum Gasteiger partial charge on any atom is 0.272 e. The minimum atomic E-state index is -0.0691. The van der Waals surface area contributed by atoms with E-state index >= 15 is 0 Å². The standard InChI is InChI=1S/C25H42N4O3/c1-5-6-7-14-32-21-17-20(27-29(21)11-10-28-12-15-31-16-13-28)22(30)26-23-24(2,3)19-8-9-25(23,4)18-19/h17,19,23H,5-16,18H2,1-4H3,(H,26,30). The Morgan fingerprint density at radius 3 is 2.72 bits per heavy atom. The fourth-order valence-corrected chi connectivity index (χ4v) is 6.24. The molecule has 7 heteroatoms. The first-order chi connectivity index (χ1) is 15.3. The summed E-state index contributed by atoms with van der Waals surface area (Å²) in [5, 5.41) is 8.07. The molecule has 7 nitrogen and oxygen atoms in total. The number of amides is 1. The zero-order chi connectivity index (χ0) is 22.8. The van der Waals surface area contributed by atoms with E-state index in [0.29, 0.717) is 30.6 Å². The molecule has 2 aliphatic carbocycles. The third-order valence-corrected chi connectivity index (χ3v) is 8.25. The first-order valence-electron chi connectivity index (χ1n) is 12.6. The first kappa shape index (κ1) is 23.6. The van der Waals surface area contributed by atoms with E-state index in [9.17, 15) is 4.79 Å². The number of ether oxygens (including phenoxy) is 2. The number of nitrogens with zero attached hydrogens (tertiary/aromatic N) is 3. The third kappa shape index (κ3) is 4.84. The highest BCUT2D eigenvalue weighted by Crippen LogP contribution is 2.62. The topological polar surface area (TPSA) is 68.6 Å². The van der Waals surface area contributed by atoms with E-state index in [1.165, 1.54) is 19.3 Å². The van der Waals surface area contributed by atoms with Crippen LogP contribution in [0.1, 0.15) is 76.7 Å². The molecule has 1 aromatic heterocycles. The molecule has 3 aliphatic rings. The summed E-state index contributed by atoms with van der Waals surface area (Å²) in [5.74, 6) is 1.33. The summed E-state index contributed by atoms with van der Waals surface area (Å²) in [4.78, 5) is 15.7. The number of rotatable bonds is 10. The molecule has 2 bridgehead atoms. The van der Waals surface area contributed by atoms with Gasteiger partial charge in [-0.3, -0.25) is 9.69 Å². The number of aromatic nitrogens is 2. The zero-order valence-electron chi connectivity index (χ0n) is 20.5. The molecule has 1 aromatic rings. The summed E-state index contributed by atoms with van der Waals surface area (Å²) < 4.78 is 13.4. The summed E-state index contributed by atoms with van der Waals surface area (Å²) in [6, 6.07) is 2.03. The van der Waals surface area contributed by atoms with Crippen molar-refractivity contribution < 1.29 is 14.3 Å². The monoisotopic (exact) mass is 446 g/mol. The van der Waals surface area contributed by atoms with E-state index in [2.05, 4.69) is 43.0 Å². The zero-order valence-corrected chi connectivity index (χ0v) is 20.5. The molecule has 32 heavy (non-hydrogen) atoms. The minimum absolute atomic E-state index is 0.0691. The highest BCUT2D eigenvalue weighted by atomic mass is 16.5. The highest BCUT2D eigenvalue weighted by Gasteiger charge is 2.59. The minimum Gasteiger partial charge on any atom is -0.478 e. The van der Waals surface area contributed by atoms with E-state index < -0.39 is 0 Å². The van der Waals surface area contributed by atoms with Gasteiger partial charge in [0.2, 0.25) is 5.88 Å². The van der Waals surface area contributed by atoms with Crippen molar-refractivity contribution in [3.63, 3.8) is 0 Å². The quantitative estimate of drug-likeness (QED) is 0.555. The van der Waals surface area contributed by atoms with Crippen LogP contribution in [0.5, 0.6) is 5.88 Å². The van der Waals surface area contributed by atoms with E-state index in [1.807, 2.05) is 10.7 Å². The average molecular weight is 447 g/mol. The Morgan fingerprint density at radius 2 is 2.03 bits per heavy atom. The van der Waals surface area contributed by atoms with Crippen molar-refractivity contribution in [2.24, 2.45) is 16.7 Å². The molecule has 3 atom stereocenters.